The van der Waals surface area contributed by atoms with E-state index in [1.165, 1.54) is 12.1 Å². The Morgan fingerprint density at radius 2 is 1.53 bits per heavy atom. The lowest BCUT2D eigenvalue weighted by Gasteiger charge is -2.34. The third-order valence-electron chi connectivity index (χ3n) is 5.83. The fourth-order valence-electron chi connectivity index (χ4n) is 4.05. The molecule has 1 aliphatic heterocycles. The third-order valence-corrected chi connectivity index (χ3v) is 7.23. The van der Waals surface area contributed by atoms with Crippen LogP contribution in [-0.4, -0.2) is 37.4 Å². The Kier molecular flexibility index (Phi) is 6.58. The molecule has 1 unspecified atom stereocenters. The molecule has 32 heavy (non-hydrogen) atoms. The van der Waals surface area contributed by atoms with Gasteiger partial charge in [-0.3, -0.25) is 9.52 Å². The second-order valence-corrected chi connectivity index (χ2v) is 9.67. The number of aliphatic hydroxyl groups is 1. The molecule has 3 aromatic carbocycles. The number of nitrogens with zero attached hydrogens (tertiary/aromatic N) is 1. The summed E-state index contributed by atoms with van der Waals surface area (Å²) in [7, 11) is -3.73. The molecule has 4 rings (SSSR count). The summed E-state index contributed by atoms with van der Waals surface area (Å²) in [5.41, 5.74) is 1.67. The number of sulfonamides is 1. The molecule has 2 N–H and O–H groups in total. The smallest absolute Gasteiger partial charge is 0.261 e. The summed E-state index contributed by atoms with van der Waals surface area (Å²) in [6.07, 6.45) is 0.883. The molecule has 1 atom stereocenters. The Morgan fingerprint density at radius 3 is 2.19 bits per heavy atom. The van der Waals surface area contributed by atoms with E-state index >= 15 is 0 Å². The van der Waals surface area contributed by atoms with Crippen LogP contribution in [0.3, 0.4) is 0 Å². The maximum Gasteiger partial charge on any atom is 0.261 e. The van der Waals surface area contributed by atoms with E-state index in [-0.39, 0.29) is 16.7 Å². The minimum Gasteiger partial charge on any atom is -0.388 e. The first-order valence-corrected chi connectivity index (χ1v) is 12.1. The van der Waals surface area contributed by atoms with Crippen molar-refractivity contribution in [2.24, 2.45) is 5.92 Å². The molecule has 0 saturated carbocycles. The van der Waals surface area contributed by atoms with Gasteiger partial charge in [0.05, 0.1) is 11.0 Å². The summed E-state index contributed by atoms with van der Waals surface area (Å²) in [6.45, 7) is 1.10. The van der Waals surface area contributed by atoms with Crippen molar-refractivity contribution < 1.29 is 18.3 Å². The molecular weight excluding hydrogens is 424 g/mol. The molecule has 6 nitrogen and oxygen atoms in total. The van der Waals surface area contributed by atoms with Gasteiger partial charge in [-0.05, 0) is 54.7 Å². The van der Waals surface area contributed by atoms with Crippen molar-refractivity contribution in [1.82, 2.24) is 4.90 Å². The Labute approximate surface area is 188 Å². The number of likely N-dealkylation sites (tertiary alicyclic amines) is 1. The van der Waals surface area contributed by atoms with Gasteiger partial charge >= 0.3 is 0 Å². The molecule has 1 amide bonds. The van der Waals surface area contributed by atoms with E-state index in [1.807, 2.05) is 30.3 Å². The molecule has 0 bridgehead atoms. The number of hydrogen-bond donors (Lipinski definition) is 2. The van der Waals surface area contributed by atoms with Crippen molar-refractivity contribution >= 4 is 21.6 Å². The van der Waals surface area contributed by atoms with E-state index in [9.17, 15) is 18.3 Å². The zero-order valence-electron chi connectivity index (χ0n) is 17.6. The maximum absolute atomic E-state index is 13.0. The van der Waals surface area contributed by atoms with Gasteiger partial charge in [0, 0.05) is 24.3 Å². The van der Waals surface area contributed by atoms with Crippen molar-refractivity contribution in [3.63, 3.8) is 0 Å². The highest BCUT2D eigenvalue weighted by Crippen LogP contribution is 2.31. The highest BCUT2D eigenvalue weighted by Gasteiger charge is 2.28. The average Bonchev–Trinajstić information content (AvgIpc) is 2.84. The van der Waals surface area contributed by atoms with Crippen LogP contribution >= 0.6 is 0 Å². The van der Waals surface area contributed by atoms with Gasteiger partial charge in [0.2, 0.25) is 0 Å². The van der Waals surface area contributed by atoms with Gasteiger partial charge in [0.25, 0.3) is 15.9 Å². The summed E-state index contributed by atoms with van der Waals surface area (Å²) >= 11 is 0. The average molecular weight is 451 g/mol. The maximum atomic E-state index is 13.0. The lowest BCUT2D eigenvalue weighted by molar-refractivity contribution is 0.0462. The van der Waals surface area contributed by atoms with Crippen molar-refractivity contribution in [3.8, 4) is 0 Å². The van der Waals surface area contributed by atoms with E-state index < -0.39 is 16.1 Å². The normalized spacial score (nSPS) is 15.8. The van der Waals surface area contributed by atoms with Crippen LogP contribution in [0.1, 0.15) is 34.9 Å². The van der Waals surface area contributed by atoms with Crippen molar-refractivity contribution in [1.29, 1.82) is 0 Å². The predicted molar refractivity (Wildman–Crippen MR) is 124 cm³/mol. The number of piperidine rings is 1. The monoisotopic (exact) mass is 450 g/mol. The molecule has 7 heteroatoms. The molecule has 166 valence electrons. The lowest BCUT2D eigenvalue weighted by Crippen LogP contribution is -2.39. The number of carbonyl (C=O) groups excluding carboxylic acids is 1. The van der Waals surface area contributed by atoms with Crippen molar-refractivity contribution in [3.05, 3.63) is 96.1 Å². The Balaban J connectivity index is 1.40. The summed E-state index contributed by atoms with van der Waals surface area (Å²) in [5, 5.41) is 10.7. The van der Waals surface area contributed by atoms with Gasteiger partial charge in [-0.15, -0.1) is 0 Å². The van der Waals surface area contributed by atoms with E-state index in [0.717, 1.165) is 5.56 Å². The number of amides is 1. The summed E-state index contributed by atoms with van der Waals surface area (Å²) in [6, 6.07) is 24.2. The van der Waals surface area contributed by atoms with Crippen LogP contribution in [0, 0.1) is 5.92 Å². The first kappa shape index (κ1) is 22.0. The standard InChI is InChI=1S/C25H26N2O4S/c28-24(19-8-3-1-4-9-19)20-14-16-27(17-15-20)25(29)21-10-7-11-22(18-21)26-32(30,31)23-12-5-2-6-13-23/h1-13,18,20,24,26,28H,14-17H2. The van der Waals surface area contributed by atoms with E-state index in [0.29, 0.717) is 37.2 Å². The van der Waals surface area contributed by atoms with Crippen molar-refractivity contribution in [2.45, 2.75) is 23.8 Å². The SMILES string of the molecule is O=C(c1cccc(NS(=O)(=O)c2ccccc2)c1)N1CCC(C(O)c2ccccc2)CC1. The van der Waals surface area contributed by atoms with Gasteiger partial charge in [0.15, 0.2) is 0 Å². The van der Waals surface area contributed by atoms with Gasteiger partial charge in [0.1, 0.15) is 0 Å². The molecule has 0 spiro atoms. The molecular formula is C25H26N2O4S. The minimum atomic E-state index is -3.73. The molecule has 0 aliphatic carbocycles. The zero-order chi connectivity index (χ0) is 22.6. The van der Waals surface area contributed by atoms with E-state index in [4.69, 9.17) is 0 Å². The van der Waals surface area contributed by atoms with Crippen LogP contribution in [0.15, 0.2) is 89.8 Å². The van der Waals surface area contributed by atoms with Crippen LogP contribution in [0.2, 0.25) is 0 Å². The predicted octanol–water partition coefficient (Wildman–Crippen LogP) is 4.07. The number of anilines is 1. The second kappa shape index (κ2) is 9.54. The lowest BCUT2D eigenvalue weighted by atomic mass is 9.87. The number of aliphatic hydroxyl groups excluding tert-OH is 1. The third kappa shape index (κ3) is 5.00. The molecule has 0 radical (unpaired) electrons. The molecule has 0 aromatic heterocycles. The minimum absolute atomic E-state index is 0.102. The summed E-state index contributed by atoms with van der Waals surface area (Å²) in [5.74, 6) is -0.0381. The highest BCUT2D eigenvalue weighted by atomic mass is 32.2. The quantitative estimate of drug-likeness (QED) is 0.593. The van der Waals surface area contributed by atoms with Crippen LogP contribution in [-0.2, 0) is 10.0 Å². The van der Waals surface area contributed by atoms with E-state index in [2.05, 4.69) is 4.72 Å². The van der Waals surface area contributed by atoms with Crippen LogP contribution in [0.25, 0.3) is 0 Å². The summed E-state index contributed by atoms with van der Waals surface area (Å²) in [4.78, 5) is 14.9. The van der Waals surface area contributed by atoms with Crippen LogP contribution in [0.4, 0.5) is 5.69 Å². The van der Waals surface area contributed by atoms with Gasteiger partial charge in [-0.2, -0.15) is 0 Å². The fraction of sp³-hybridized carbons (Fsp3) is 0.240. The number of benzene rings is 3. The largest absolute Gasteiger partial charge is 0.388 e. The van der Waals surface area contributed by atoms with E-state index in [1.54, 1.807) is 47.4 Å². The number of rotatable bonds is 6. The topological polar surface area (TPSA) is 86.7 Å². The first-order valence-electron chi connectivity index (χ1n) is 10.6. The van der Waals surface area contributed by atoms with Gasteiger partial charge in [-0.1, -0.05) is 54.6 Å². The van der Waals surface area contributed by atoms with Gasteiger partial charge < -0.3 is 10.0 Å². The van der Waals surface area contributed by atoms with Crippen LogP contribution < -0.4 is 4.72 Å². The molecule has 3 aromatic rings. The zero-order valence-corrected chi connectivity index (χ0v) is 18.4. The molecule has 1 saturated heterocycles. The Hall–Kier alpha value is -3.16. The van der Waals surface area contributed by atoms with Crippen molar-refractivity contribution in [2.75, 3.05) is 17.8 Å². The number of hydrogen-bond acceptors (Lipinski definition) is 4. The fourth-order valence-corrected chi connectivity index (χ4v) is 5.12. The Bertz CT molecular complexity index is 1160. The first-order chi connectivity index (χ1) is 15.4. The highest BCUT2D eigenvalue weighted by molar-refractivity contribution is 7.92. The number of nitrogens with one attached hydrogen (secondary N) is 1. The van der Waals surface area contributed by atoms with Gasteiger partial charge in [-0.25, -0.2) is 8.42 Å². The summed E-state index contributed by atoms with van der Waals surface area (Å²) < 4.78 is 27.7. The molecule has 1 fully saturated rings. The van der Waals surface area contributed by atoms with Crippen LogP contribution in [0.5, 0.6) is 0 Å². The second-order valence-electron chi connectivity index (χ2n) is 7.98. The molecule has 1 aliphatic rings. The number of carbonyl (C=O) groups is 1. The Morgan fingerprint density at radius 1 is 0.906 bits per heavy atom. The molecule has 1 heterocycles.